The Hall–Kier alpha value is -0.650. The summed E-state index contributed by atoms with van der Waals surface area (Å²) in [7, 11) is 9.59. The van der Waals surface area contributed by atoms with Crippen LogP contribution in [-0.2, 0) is 17.6 Å². The Morgan fingerprint density at radius 1 is 0.914 bits per heavy atom. The average Bonchev–Trinajstić information content (AvgIpc) is 2.76. The first-order valence-corrected chi connectivity index (χ1v) is 14.4. The molecule has 0 aromatic heterocycles. The second-order valence-corrected chi connectivity index (χ2v) is 12.1. The number of hydrogen-bond donors (Lipinski definition) is 1. The summed E-state index contributed by atoms with van der Waals surface area (Å²) < 4.78 is 14.9. The number of amides is 1. The fraction of sp³-hybridized carbons (Fsp3) is 0.480. The summed E-state index contributed by atoms with van der Waals surface area (Å²) in [6.45, 7) is 2.02. The minimum atomic E-state index is -0.291. The number of carbonyl (C=O) groups is 1. The fourth-order valence-corrected chi connectivity index (χ4v) is 6.60. The highest BCUT2D eigenvalue weighted by Crippen LogP contribution is 2.36. The first-order valence-electron chi connectivity index (χ1n) is 11.2. The highest BCUT2D eigenvalue weighted by molar-refractivity contribution is 9.11. The normalized spacial score (nSPS) is 12.2. The molecule has 0 saturated carbocycles. The van der Waals surface area contributed by atoms with E-state index in [-0.39, 0.29) is 11.9 Å². The van der Waals surface area contributed by atoms with Crippen molar-refractivity contribution < 1.29 is 14.3 Å². The summed E-state index contributed by atoms with van der Waals surface area (Å²) in [4.78, 5) is 17.0. The van der Waals surface area contributed by atoms with Gasteiger partial charge in [0.1, 0.15) is 11.5 Å². The molecule has 0 bridgehead atoms. The predicted octanol–water partition coefficient (Wildman–Crippen LogP) is 5.91. The Morgan fingerprint density at radius 2 is 1.46 bits per heavy atom. The number of ether oxygens (including phenoxy) is 2. The van der Waals surface area contributed by atoms with Gasteiger partial charge in [-0.15, -0.1) is 0 Å². The molecule has 1 amide bonds. The topological polar surface area (TPSA) is 54.0 Å². The van der Waals surface area contributed by atoms with E-state index in [0.29, 0.717) is 26.0 Å². The van der Waals surface area contributed by atoms with Gasteiger partial charge in [0.15, 0.2) is 0 Å². The van der Waals surface area contributed by atoms with E-state index in [1.54, 1.807) is 7.11 Å². The molecular formula is C25H33Br4N3O3. The molecule has 2 aromatic rings. The molecule has 6 nitrogen and oxygen atoms in total. The Morgan fingerprint density at radius 3 is 1.97 bits per heavy atom. The minimum absolute atomic E-state index is 0.00864. The molecule has 0 fully saturated rings. The summed E-state index contributed by atoms with van der Waals surface area (Å²) in [5, 5.41) is 3.05. The quantitative estimate of drug-likeness (QED) is 0.259. The van der Waals surface area contributed by atoms with Gasteiger partial charge in [0.25, 0.3) is 0 Å². The van der Waals surface area contributed by atoms with Gasteiger partial charge < -0.3 is 19.7 Å². The monoisotopic (exact) mass is 739 g/mol. The Kier molecular flexibility index (Phi) is 13.0. The molecule has 0 aliphatic heterocycles. The zero-order valence-corrected chi connectivity index (χ0v) is 27.1. The van der Waals surface area contributed by atoms with Crippen molar-refractivity contribution in [3.05, 3.63) is 53.3 Å². The number of likely N-dealkylation sites (N-methyl/N-ethyl adjacent to an activating group) is 2. The number of carbonyl (C=O) groups excluding carboxylic acids is 1. The van der Waals surface area contributed by atoms with Crippen molar-refractivity contribution >= 4 is 69.6 Å². The van der Waals surface area contributed by atoms with Crippen molar-refractivity contribution in [3.8, 4) is 11.5 Å². The third-order valence-corrected chi connectivity index (χ3v) is 7.75. The van der Waals surface area contributed by atoms with Gasteiger partial charge in [0.2, 0.25) is 5.91 Å². The van der Waals surface area contributed by atoms with Crippen molar-refractivity contribution in [2.24, 2.45) is 0 Å². The van der Waals surface area contributed by atoms with E-state index in [0.717, 1.165) is 47.9 Å². The molecule has 35 heavy (non-hydrogen) atoms. The molecule has 1 atom stereocenters. The minimum Gasteiger partial charge on any atom is -0.494 e. The van der Waals surface area contributed by atoms with E-state index in [2.05, 4.69) is 100 Å². The maximum Gasteiger partial charge on any atom is 0.237 e. The molecule has 2 rings (SSSR count). The molecule has 0 aliphatic carbocycles. The largest absolute Gasteiger partial charge is 0.494 e. The van der Waals surface area contributed by atoms with Crippen molar-refractivity contribution in [3.63, 3.8) is 0 Å². The smallest absolute Gasteiger partial charge is 0.237 e. The second-order valence-electron chi connectivity index (χ2n) is 8.71. The molecular weight excluding hydrogens is 710 g/mol. The lowest BCUT2D eigenvalue weighted by molar-refractivity contribution is -0.125. The lowest BCUT2D eigenvalue weighted by atomic mass is 10.0. The average molecular weight is 743 g/mol. The van der Waals surface area contributed by atoms with Crippen LogP contribution in [0.15, 0.2) is 42.2 Å². The van der Waals surface area contributed by atoms with Crippen LogP contribution in [0.1, 0.15) is 17.5 Å². The number of methoxy groups -OCH3 is 1. The molecule has 0 spiro atoms. The summed E-state index contributed by atoms with van der Waals surface area (Å²) in [5.74, 6) is 1.51. The van der Waals surface area contributed by atoms with Crippen molar-refractivity contribution in [2.75, 3.05) is 55.0 Å². The fourth-order valence-electron chi connectivity index (χ4n) is 3.48. The maximum absolute atomic E-state index is 12.9. The van der Waals surface area contributed by atoms with E-state index in [1.807, 2.05) is 31.1 Å². The van der Waals surface area contributed by atoms with Crippen LogP contribution < -0.4 is 14.8 Å². The molecule has 0 unspecified atom stereocenters. The predicted molar refractivity (Wildman–Crippen MR) is 157 cm³/mol. The van der Waals surface area contributed by atoms with Crippen LogP contribution in [0.4, 0.5) is 0 Å². The van der Waals surface area contributed by atoms with Crippen molar-refractivity contribution in [1.82, 2.24) is 15.1 Å². The van der Waals surface area contributed by atoms with Crippen LogP contribution >= 0.6 is 63.7 Å². The first-order chi connectivity index (χ1) is 16.5. The van der Waals surface area contributed by atoms with Crippen LogP contribution in [0.3, 0.4) is 0 Å². The summed E-state index contributed by atoms with van der Waals surface area (Å²) >= 11 is 14.3. The molecule has 0 saturated heterocycles. The highest BCUT2D eigenvalue weighted by atomic mass is 79.9. The number of nitrogens with zero attached hydrogens (tertiary/aromatic N) is 2. The van der Waals surface area contributed by atoms with Crippen LogP contribution in [0.5, 0.6) is 11.5 Å². The lowest BCUT2D eigenvalue weighted by Crippen LogP contribution is -2.45. The van der Waals surface area contributed by atoms with Crippen LogP contribution in [0.2, 0.25) is 0 Å². The van der Waals surface area contributed by atoms with Gasteiger partial charge in [-0.25, -0.2) is 0 Å². The Labute approximate surface area is 242 Å². The number of rotatable bonds is 13. The summed E-state index contributed by atoms with van der Waals surface area (Å²) in [6.07, 6.45) is 2.25. The third-order valence-electron chi connectivity index (χ3n) is 5.39. The van der Waals surface area contributed by atoms with Gasteiger partial charge in [-0.3, -0.25) is 9.69 Å². The van der Waals surface area contributed by atoms with Crippen LogP contribution in [0.25, 0.3) is 0 Å². The van der Waals surface area contributed by atoms with E-state index < -0.39 is 0 Å². The zero-order valence-electron chi connectivity index (χ0n) is 20.8. The number of hydrogen-bond acceptors (Lipinski definition) is 5. The number of halogens is 4. The standard InChI is InChI=1S/C25H33Br4N3O3/c1-31(2)9-7-16-11-20(28)24(21(29)12-16)35-10-6-8-30-25(33)22(32(3)4)15-17-13-18(26)23(34-5)19(27)14-17/h11-14,22H,6-10,15H2,1-5H3,(H,30,33)/t22-/m0/s1. The van der Waals surface area contributed by atoms with E-state index in [1.165, 1.54) is 5.56 Å². The van der Waals surface area contributed by atoms with E-state index >= 15 is 0 Å². The molecule has 2 aromatic carbocycles. The molecule has 1 N–H and O–H groups in total. The van der Waals surface area contributed by atoms with E-state index in [4.69, 9.17) is 9.47 Å². The van der Waals surface area contributed by atoms with Gasteiger partial charge in [-0.2, -0.15) is 0 Å². The molecule has 10 heteroatoms. The molecule has 194 valence electrons. The summed E-state index contributed by atoms with van der Waals surface area (Å²) in [6, 6.07) is 7.89. The van der Waals surface area contributed by atoms with Gasteiger partial charge in [0, 0.05) is 13.1 Å². The lowest BCUT2D eigenvalue weighted by Gasteiger charge is -2.24. The number of nitrogens with one attached hydrogen (secondary N) is 1. The van der Waals surface area contributed by atoms with Crippen LogP contribution in [0, 0.1) is 0 Å². The Balaban J connectivity index is 1.87. The number of benzene rings is 2. The molecule has 0 aliphatic rings. The van der Waals surface area contributed by atoms with Crippen molar-refractivity contribution in [2.45, 2.75) is 25.3 Å². The zero-order chi connectivity index (χ0) is 26.1. The van der Waals surface area contributed by atoms with Crippen LogP contribution in [-0.4, -0.2) is 76.7 Å². The first kappa shape index (κ1) is 30.6. The van der Waals surface area contributed by atoms with E-state index in [9.17, 15) is 4.79 Å². The van der Waals surface area contributed by atoms with Gasteiger partial charge in [-0.1, -0.05) is 0 Å². The summed E-state index contributed by atoms with van der Waals surface area (Å²) in [5.41, 5.74) is 2.27. The van der Waals surface area contributed by atoms with Gasteiger partial charge in [-0.05, 0) is 147 Å². The maximum atomic E-state index is 12.9. The van der Waals surface area contributed by atoms with Crippen molar-refractivity contribution in [1.29, 1.82) is 0 Å². The second kappa shape index (κ2) is 14.9. The molecule has 0 heterocycles. The SMILES string of the molecule is COc1c(Br)cc(C[C@@H](C(=O)NCCCOc2c(Br)cc(CCN(C)C)cc2Br)N(C)C)cc1Br. The highest BCUT2D eigenvalue weighted by Gasteiger charge is 2.22. The van der Waals surface area contributed by atoms with Gasteiger partial charge in [0.05, 0.1) is 37.6 Å². The van der Waals surface area contributed by atoms with Gasteiger partial charge >= 0.3 is 0 Å². The Bertz CT molecular complexity index is 956. The third kappa shape index (κ3) is 9.63. The molecule has 0 radical (unpaired) electrons.